The van der Waals surface area contributed by atoms with Crippen LogP contribution in [0.4, 0.5) is 0 Å². The highest BCUT2D eigenvalue weighted by Crippen LogP contribution is 2.41. The molecule has 1 saturated heterocycles. The van der Waals surface area contributed by atoms with Gasteiger partial charge in [-0.25, -0.2) is 19.3 Å². The van der Waals surface area contributed by atoms with Gasteiger partial charge >= 0.3 is 11.9 Å². The molecule has 0 radical (unpaired) electrons. The van der Waals surface area contributed by atoms with E-state index < -0.39 is 58.5 Å². The topological polar surface area (TPSA) is 257 Å². The molecule has 3 amide bonds. The van der Waals surface area contributed by atoms with Crippen molar-refractivity contribution in [3.63, 3.8) is 0 Å². The first-order valence-electron chi connectivity index (χ1n) is 11.8. The Hall–Kier alpha value is -4.75. The van der Waals surface area contributed by atoms with Crippen molar-refractivity contribution >= 4 is 53.2 Å². The molecule has 0 aliphatic carbocycles. The van der Waals surface area contributed by atoms with Crippen molar-refractivity contribution in [2.24, 2.45) is 7.05 Å². The number of β-lactam (4-membered cyclic amide) rings is 1. The fourth-order valence-corrected chi connectivity index (χ4v) is 6.64. The highest BCUT2D eigenvalue weighted by Gasteiger charge is 2.54. The summed E-state index contributed by atoms with van der Waals surface area (Å²) in [5.41, 5.74) is -0.143. The molecule has 2 aromatic heterocycles. The third-order valence-corrected chi connectivity index (χ3v) is 8.68. The van der Waals surface area contributed by atoms with Crippen LogP contribution in [0.25, 0.3) is 0 Å². The Kier molecular flexibility index (Phi) is 8.93. The molecule has 17 nitrogen and oxygen atoms in total. The summed E-state index contributed by atoms with van der Waals surface area (Å²) in [7, 11) is 1.65. The molecule has 1 fully saturated rings. The first-order chi connectivity index (χ1) is 19.7. The lowest BCUT2D eigenvalue weighted by molar-refractivity contribution is -0.151. The van der Waals surface area contributed by atoms with E-state index in [0.29, 0.717) is 16.3 Å². The number of carbonyl (C=O) groups excluding carboxylic acids is 3. The van der Waals surface area contributed by atoms with Gasteiger partial charge in [-0.15, -0.1) is 16.9 Å². The zero-order valence-electron chi connectivity index (χ0n) is 21.5. The maximum absolute atomic E-state index is 13.4. The van der Waals surface area contributed by atoms with E-state index in [4.69, 9.17) is 0 Å². The number of thioether (sulfide) groups is 2. The van der Waals surface area contributed by atoms with E-state index in [2.05, 4.69) is 36.1 Å². The molecule has 0 saturated carbocycles. The summed E-state index contributed by atoms with van der Waals surface area (Å²) in [6.45, 7) is 0. The summed E-state index contributed by atoms with van der Waals surface area (Å²) < 4.78 is 1.45. The normalized spacial score (nSPS) is 18.3. The summed E-state index contributed by atoms with van der Waals surface area (Å²) in [4.78, 5) is 70.3. The number of H-pyrrole nitrogens is 1. The SMILES string of the molecule is Cn1nnnc1SCC1=C(C(=O)O)N2C(=O)[C@@H](NC(=O)C(NC(=O)c3nc[nH]c3C(=O)O)c3ccccc3)[C@@H]2SC1.O. The molecular formula is C23H23N9O8S2. The van der Waals surface area contributed by atoms with Crippen molar-refractivity contribution in [2.45, 2.75) is 22.6 Å². The number of aromatic carboxylic acids is 1. The molecule has 5 rings (SSSR count). The van der Waals surface area contributed by atoms with Crippen LogP contribution in [0.3, 0.4) is 0 Å². The molecule has 3 atom stereocenters. The summed E-state index contributed by atoms with van der Waals surface area (Å²) in [6.07, 6.45) is 1.04. The number of nitrogens with one attached hydrogen (secondary N) is 3. The smallest absolute Gasteiger partial charge is 0.354 e. The van der Waals surface area contributed by atoms with Gasteiger partial charge in [-0.05, 0) is 21.6 Å². The number of tetrazole rings is 1. The van der Waals surface area contributed by atoms with Gasteiger partial charge in [0.2, 0.25) is 11.1 Å². The quantitative estimate of drug-likeness (QED) is 0.133. The number of rotatable bonds is 10. The van der Waals surface area contributed by atoms with E-state index in [1.165, 1.54) is 28.2 Å². The molecule has 3 aromatic rings. The highest BCUT2D eigenvalue weighted by molar-refractivity contribution is 8.01. The van der Waals surface area contributed by atoms with Crippen molar-refractivity contribution in [1.82, 2.24) is 45.7 Å². The lowest BCUT2D eigenvalue weighted by Crippen LogP contribution is -2.71. The number of hydrogen-bond acceptors (Lipinski definition) is 11. The number of fused-ring (bicyclic) bond motifs is 1. The fraction of sp³-hybridized carbons (Fsp3) is 0.261. The Morgan fingerprint density at radius 1 is 1.19 bits per heavy atom. The highest BCUT2D eigenvalue weighted by atomic mass is 32.2. The Balaban J connectivity index is 0.00000405. The Morgan fingerprint density at radius 2 is 1.93 bits per heavy atom. The van der Waals surface area contributed by atoms with E-state index in [9.17, 15) is 34.2 Å². The van der Waals surface area contributed by atoms with Crippen LogP contribution < -0.4 is 10.6 Å². The zero-order chi connectivity index (χ0) is 29.3. The second-order valence-electron chi connectivity index (χ2n) is 8.78. The van der Waals surface area contributed by atoms with Crippen LogP contribution in [-0.2, 0) is 21.4 Å². The molecule has 0 bridgehead atoms. The van der Waals surface area contributed by atoms with Gasteiger partial charge in [-0.3, -0.25) is 19.3 Å². The van der Waals surface area contributed by atoms with Crippen LogP contribution in [0.2, 0.25) is 0 Å². The van der Waals surface area contributed by atoms with Gasteiger partial charge in [0.25, 0.3) is 11.8 Å². The lowest BCUT2D eigenvalue weighted by atomic mass is 10.0. The summed E-state index contributed by atoms with van der Waals surface area (Å²) in [5, 5.41) is 35.3. The number of nitrogens with zero attached hydrogens (tertiary/aromatic N) is 6. The maximum Gasteiger partial charge on any atom is 0.354 e. The summed E-state index contributed by atoms with van der Waals surface area (Å²) in [6, 6.07) is 5.80. The molecule has 220 valence electrons. The number of hydrogen-bond donors (Lipinski definition) is 5. The van der Waals surface area contributed by atoms with Crippen molar-refractivity contribution in [2.75, 3.05) is 11.5 Å². The molecule has 7 N–H and O–H groups in total. The van der Waals surface area contributed by atoms with Crippen LogP contribution in [0.1, 0.15) is 32.6 Å². The largest absolute Gasteiger partial charge is 0.477 e. The fourth-order valence-electron chi connectivity index (χ4n) is 4.30. The van der Waals surface area contributed by atoms with Gasteiger partial charge in [0, 0.05) is 18.6 Å². The minimum atomic E-state index is -1.41. The number of carboxylic acids is 2. The number of carbonyl (C=O) groups is 5. The first-order valence-corrected chi connectivity index (χ1v) is 13.9. The molecular weight excluding hydrogens is 594 g/mol. The second kappa shape index (κ2) is 12.4. The van der Waals surface area contributed by atoms with Crippen molar-refractivity contribution in [1.29, 1.82) is 0 Å². The van der Waals surface area contributed by atoms with Gasteiger partial charge in [-0.1, -0.05) is 42.1 Å². The lowest BCUT2D eigenvalue weighted by Gasteiger charge is -2.49. The molecule has 19 heteroatoms. The number of aryl methyl sites for hydroxylation is 1. The summed E-state index contributed by atoms with van der Waals surface area (Å²) >= 11 is 2.52. The van der Waals surface area contributed by atoms with Crippen LogP contribution in [0.5, 0.6) is 0 Å². The number of aromatic amines is 1. The minimum absolute atomic E-state index is 0. The Bertz CT molecular complexity index is 1570. The molecule has 2 aliphatic rings. The third-order valence-electron chi connectivity index (χ3n) is 6.24. The number of benzene rings is 1. The number of aromatic nitrogens is 6. The number of imidazole rings is 1. The second-order valence-corrected chi connectivity index (χ2v) is 10.8. The summed E-state index contributed by atoms with van der Waals surface area (Å²) in [5.74, 6) is -4.43. The standard InChI is InChI=1S/C23H21N9O7S2.H2O/c1-31-23(28-29-30-31)41-8-11-7-40-20-15(19(35)32(20)16(11)22(38)39)27-17(33)12(10-5-3-2-4-6-10)26-18(34)13-14(21(36)37)25-9-24-13;/h2-6,9,12,15,20H,7-8H2,1H3,(H,24,25)(H,26,34)(H,27,33)(H,36,37)(H,38,39);1H2/t12?,15-,20+;/m1./s1. The van der Waals surface area contributed by atoms with Crippen molar-refractivity contribution in [3.05, 3.63) is 64.9 Å². The van der Waals surface area contributed by atoms with Crippen LogP contribution >= 0.6 is 23.5 Å². The van der Waals surface area contributed by atoms with Crippen LogP contribution in [-0.4, -0.2) is 103 Å². The van der Waals surface area contributed by atoms with Crippen LogP contribution in [0.15, 0.2) is 53.1 Å². The van der Waals surface area contributed by atoms with E-state index in [1.807, 2.05) is 0 Å². The number of carboxylic acid groups (broad SMARTS) is 2. The monoisotopic (exact) mass is 617 g/mol. The zero-order valence-corrected chi connectivity index (χ0v) is 23.2. The molecule has 1 unspecified atom stereocenters. The maximum atomic E-state index is 13.4. The molecule has 42 heavy (non-hydrogen) atoms. The van der Waals surface area contributed by atoms with Gasteiger partial charge < -0.3 is 31.3 Å². The molecule has 1 aromatic carbocycles. The van der Waals surface area contributed by atoms with E-state index in [1.54, 1.807) is 37.4 Å². The predicted molar refractivity (Wildman–Crippen MR) is 145 cm³/mol. The first kappa shape index (κ1) is 30.2. The van der Waals surface area contributed by atoms with Gasteiger partial charge in [0.05, 0.1) is 6.33 Å². The van der Waals surface area contributed by atoms with E-state index in [0.717, 1.165) is 11.2 Å². The number of aliphatic carboxylic acids is 1. The van der Waals surface area contributed by atoms with Crippen LogP contribution in [0, 0.1) is 0 Å². The average molecular weight is 618 g/mol. The van der Waals surface area contributed by atoms with E-state index >= 15 is 0 Å². The predicted octanol–water partition coefficient (Wildman–Crippen LogP) is -1.19. The van der Waals surface area contributed by atoms with Gasteiger partial charge in [-0.2, -0.15) is 0 Å². The van der Waals surface area contributed by atoms with Crippen molar-refractivity contribution < 1.29 is 39.7 Å². The Labute approximate surface area is 244 Å². The molecule has 2 aliphatic heterocycles. The molecule has 4 heterocycles. The third kappa shape index (κ3) is 5.69. The van der Waals surface area contributed by atoms with Gasteiger partial charge in [0.15, 0.2) is 11.4 Å². The van der Waals surface area contributed by atoms with E-state index in [-0.39, 0.29) is 22.7 Å². The Morgan fingerprint density at radius 3 is 2.57 bits per heavy atom. The molecule has 0 spiro atoms. The number of amides is 3. The van der Waals surface area contributed by atoms with Gasteiger partial charge in [0.1, 0.15) is 23.2 Å². The average Bonchev–Trinajstić information content (AvgIpc) is 3.62. The minimum Gasteiger partial charge on any atom is -0.477 e. The van der Waals surface area contributed by atoms with Crippen molar-refractivity contribution in [3.8, 4) is 0 Å².